The van der Waals surface area contributed by atoms with E-state index in [2.05, 4.69) is 74.4 Å². The third-order valence-electron chi connectivity index (χ3n) is 10.4. The van der Waals surface area contributed by atoms with Crippen LogP contribution >= 0.6 is 0 Å². The van der Waals surface area contributed by atoms with Crippen LogP contribution in [0.4, 0.5) is 0 Å². The molecule has 0 fully saturated rings. The van der Waals surface area contributed by atoms with E-state index >= 15 is 0 Å². The Kier molecular flexibility index (Phi) is 47.0. The van der Waals surface area contributed by atoms with E-state index in [1.54, 1.807) is 0 Å². The molecule has 0 aromatic heterocycles. The fourth-order valence-corrected chi connectivity index (χ4v) is 6.84. The van der Waals surface area contributed by atoms with Crippen molar-refractivity contribution in [3.63, 3.8) is 0 Å². The van der Waals surface area contributed by atoms with E-state index in [9.17, 15) is 4.79 Å². The highest BCUT2D eigenvalue weighted by Crippen LogP contribution is 2.29. The van der Waals surface area contributed by atoms with Crippen molar-refractivity contribution in [2.24, 2.45) is 0 Å². The lowest BCUT2D eigenvalue weighted by molar-refractivity contribution is -0.232. The molecule has 0 aromatic carbocycles. The standard InChI is InChI=1S/C48H89NO4.C2H6/c1-5-7-9-11-13-15-17-19-21-23-25-27-29-31-33-37-42-48(52-4,53-46-40-45-49(3)44-39-35-36-41-47(50)51)43-38-34-32-30-28-26-24-22-20-18-16-14-12-10-8-6-2;1-2/h13-16,19-22H,5-12,17-18,23-46H2,1-4H3,(H,50,51);1-2H3/b15-13-,16-14-,21-19-,22-20-;. The van der Waals surface area contributed by atoms with Crippen LogP contribution in [0.15, 0.2) is 48.6 Å². The second-order valence-electron chi connectivity index (χ2n) is 15.5. The van der Waals surface area contributed by atoms with Crippen LogP contribution in [-0.4, -0.2) is 55.6 Å². The molecule has 0 atom stereocenters. The van der Waals surface area contributed by atoms with E-state index in [0.717, 1.165) is 83.9 Å². The van der Waals surface area contributed by atoms with Crippen LogP contribution in [0.3, 0.4) is 0 Å². The van der Waals surface area contributed by atoms with Gasteiger partial charge in [-0.25, -0.2) is 0 Å². The van der Waals surface area contributed by atoms with Crippen molar-refractivity contribution in [1.29, 1.82) is 0 Å². The molecule has 55 heavy (non-hydrogen) atoms. The Labute approximate surface area is 344 Å². The molecule has 0 saturated carbocycles. The molecule has 0 rings (SSSR count). The van der Waals surface area contributed by atoms with Gasteiger partial charge in [-0.3, -0.25) is 4.79 Å². The van der Waals surface area contributed by atoms with Gasteiger partial charge in [0.2, 0.25) is 0 Å². The number of carboxylic acids is 1. The van der Waals surface area contributed by atoms with Gasteiger partial charge < -0.3 is 19.5 Å². The summed E-state index contributed by atoms with van der Waals surface area (Å²) in [5.41, 5.74) is 0. The minimum atomic E-state index is -0.692. The lowest BCUT2D eigenvalue weighted by atomic mass is 9.98. The number of ether oxygens (including phenoxy) is 2. The van der Waals surface area contributed by atoms with E-state index in [-0.39, 0.29) is 6.42 Å². The summed E-state index contributed by atoms with van der Waals surface area (Å²) in [5, 5.41) is 8.85. The number of allylic oxidation sites excluding steroid dienone is 8. The Bertz CT molecular complexity index is 831. The van der Waals surface area contributed by atoms with Gasteiger partial charge in [-0.2, -0.15) is 0 Å². The third kappa shape index (κ3) is 43.3. The summed E-state index contributed by atoms with van der Waals surface area (Å²) in [4.78, 5) is 13.1. The van der Waals surface area contributed by atoms with Crippen molar-refractivity contribution in [1.82, 2.24) is 4.90 Å². The Hall–Kier alpha value is -1.69. The van der Waals surface area contributed by atoms with Crippen LogP contribution in [0.1, 0.15) is 227 Å². The quantitative estimate of drug-likeness (QED) is 0.0380. The van der Waals surface area contributed by atoms with Gasteiger partial charge in [0.05, 0.1) is 6.61 Å². The number of rotatable bonds is 42. The van der Waals surface area contributed by atoms with Gasteiger partial charge in [0.25, 0.3) is 0 Å². The molecule has 0 amide bonds. The first-order valence-corrected chi connectivity index (χ1v) is 23.7. The number of carboxylic acid groups (broad SMARTS) is 1. The van der Waals surface area contributed by atoms with Crippen molar-refractivity contribution in [3.05, 3.63) is 48.6 Å². The van der Waals surface area contributed by atoms with Crippen LogP contribution in [0.25, 0.3) is 0 Å². The van der Waals surface area contributed by atoms with Crippen LogP contribution in [0.2, 0.25) is 0 Å². The van der Waals surface area contributed by atoms with E-state index in [0.29, 0.717) is 0 Å². The Balaban J connectivity index is 0. The molecule has 0 radical (unpaired) electrons. The highest BCUT2D eigenvalue weighted by atomic mass is 16.7. The minimum absolute atomic E-state index is 0.279. The predicted octanol–water partition coefficient (Wildman–Crippen LogP) is 15.7. The van der Waals surface area contributed by atoms with Gasteiger partial charge in [0, 0.05) is 32.9 Å². The fraction of sp³-hybridized carbons (Fsp3) is 0.820. The van der Waals surface area contributed by atoms with Crippen molar-refractivity contribution in [2.75, 3.05) is 33.9 Å². The average Bonchev–Trinajstić information content (AvgIpc) is 3.19. The summed E-state index contributed by atoms with van der Waals surface area (Å²) in [7, 11) is 4.02. The number of unbranched alkanes of at least 4 members (excludes halogenated alkanes) is 20. The van der Waals surface area contributed by atoms with Crippen LogP contribution in [-0.2, 0) is 14.3 Å². The molecule has 0 heterocycles. The van der Waals surface area contributed by atoms with Crippen molar-refractivity contribution in [2.45, 2.75) is 233 Å². The first-order valence-electron chi connectivity index (χ1n) is 23.7. The van der Waals surface area contributed by atoms with Crippen molar-refractivity contribution in [3.8, 4) is 0 Å². The SMILES string of the molecule is CC.CCCCC/C=C\C/C=C\CCCCCCCCC(CCCCCCCC/C=C\C/C=C\CCCCC)(OC)OCCCN(C)CCCCCC(=O)O. The molecular formula is C50H95NO4. The zero-order chi connectivity index (χ0) is 40.8. The smallest absolute Gasteiger partial charge is 0.303 e. The number of hydrogen-bond donors (Lipinski definition) is 1. The maximum atomic E-state index is 10.7. The number of methoxy groups -OCH3 is 1. The van der Waals surface area contributed by atoms with Gasteiger partial charge in [-0.1, -0.05) is 160 Å². The summed E-state index contributed by atoms with van der Waals surface area (Å²) < 4.78 is 12.8. The normalized spacial score (nSPS) is 12.3. The zero-order valence-corrected chi connectivity index (χ0v) is 37.8. The molecule has 5 nitrogen and oxygen atoms in total. The maximum absolute atomic E-state index is 10.7. The van der Waals surface area contributed by atoms with E-state index in [1.807, 2.05) is 21.0 Å². The highest BCUT2D eigenvalue weighted by molar-refractivity contribution is 5.66. The number of carbonyl (C=O) groups is 1. The molecular weight excluding hydrogens is 679 g/mol. The van der Waals surface area contributed by atoms with Crippen LogP contribution in [0.5, 0.6) is 0 Å². The third-order valence-corrected chi connectivity index (χ3v) is 10.4. The topological polar surface area (TPSA) is 59.0 Å². The molecule has 324 valence electrons. The zero-order valence-electron chi connectivity index (χ0n) is 37.8. The Morgan fingerprint density at radius 1 is 0.527 bits per heavy atom. The summed E-state index contributed by atoms with van der Waals surface area (Å²) in [5.74, 6) is -1.15. The van der Waals surface area contributed by atoms with E-state index in [1.165, 1.54) is 128 Å². The summed E-state index contributed by atoms with van der Waals surface area (Å²) in [6, 6.07) is 0. The van der Waals surface area contributed by atoms with Gasteiger partial charge in [-0.15, -0.1) is 0 Å². The molecule has 5 heteroatoms. The molecule has 0 aliphatic rings. The second-order valence-corrected chi connectivity index (χ2v) is 15.5. The minimum Gasteiger partial charge on any atom is -0.481 e. The van der Waals surface area contributed by atoms with E-state index < -0.39 is 11.8 Å². The lowest BCUT2D eigenvalue weighted by Gasteiger charge is -2.33. The Morgan fingerprint density at radius 3 is 1.33 bits per heavy atom. The molecule has 0 aliphatic carbocycles. The average molecular weight is 774 g/mol. The molecule has 0 spiro atoms. The van der Waals surface area contributed by atoms with E-state index in [4.69, 9.17) is 14.6 Å². The van der Waals surface area contributed by atoms with Gasteiger partial charge in [-0.05, 0) is 110 Å². The molecule has 0 bridgehead atoms. The monoisotopic (exact) mass is 774 g/mol. The summed E-state index contributed by atoms with van der Waals surface area (Å²) >= 11 is 0. The van der Waals surface area contributed by atoms with Gasteiger partial charge >= 0.3 is 5.97 Å². The van der Waals surface area contributed by atoms with Crippen LogP contribution in [0, 0.1) is 0 Å². The summed E-state index contributed by atoms with van der Waals surface area (Å²) in [6.45, 7) is 11.3. The molecule has 0 unspecified atom stereocenters. The van der Waals surface area contributed by atoms with Crippen LogP contribution < -0.4 is 0 Å². The number of hydrogen-bond acceptors (Lipinski definition) is 4. The van der Waals surface area contributed by atoms with Gasteiger partial charge in [0.1, 0.15) is 0 Å². The maximum Gasteiger partial charge on any atom is 0.303 e. The first kappa shape index (κ1) is 55.4. The first-order chi connectivity index (χ1) is 27.0. The van der Waals surface area contributed by atoms with Crippen molar-refractivity contribution < 1.29 is 19.4 Å². The molecule has 0 aromatic rings. The predicted molar refractivity (Wildman–Crippen MR) is 243 cm³/mol. The number of nitrogens with zero attached hydrogens (tertiary/aromatic N) is 1. The Morgan fingerprint density at radius 2 is 0.909 bits per heavy atom. The largest absolute Gasteiger partial charge is 0.481 e. The lowest BCUT2D eigenvalue weighted by Crippen LogP contribution is -2.36. The van der Waals surface area contributed by atoms with Crippen molar-refractivity contribution >= 4 is 5.97 Å². The molecule has 0 aliphatic heterocycles. The van der Waals surface area contributed by atoms with Gasteiger partial charge in [0.15, 0.2) is 5.79 Å². The highest BCUT2D eigenvalue weighted by Gasteiger charge is 2.29. The second kappa shape index (κ2) is 46.7. The molecule has 0 saturated heterocycles. The number of aliphatic carboxylic acids is 1. The fourth-order valence-electron chi connectivity index (χ4n) is 6.84. The molecule has 1 N–H and O–H groups in total. The summed E-state index contributed by atoms with van der Waals surface area (Å²) in [6.07, 6.45) is 55.0.